The highest BCUT2D eigenvalue weighted by atomic mass is 32.2. The minimum atomic E-state index is -4.88. The summed E-state index contributed by atoms with van der Waals surface area (Å²) < 4.78 is 48.5. The van der Waals surface area contributed by atoms with E-state index in [1.165, 1.54) is 30.8 Å². The third kappa shape index (κ3) is 4.65. The SMILES string of the molecule is CSCC(C)(O)CNC(=O)c1ccccc1S(=O)(=O)C(F)F. The third-order valence-corrected chi connectivity index (χ3v) is 5.11. The number of aliphatic hydroxyl groups is 1. The molecular weight excluding hydrogens is 336 g/mol. The summed E-state index contributed by atoms with van der Waals surface area (Å²) in [5.41, 5.74) is -1.56. The molecule has 0 aliphatic carbocycles. The lowest BCUT2D eigenvalue weighted by atomic mass is 10.1. The lowest BCUT2D eigenvalue weighted by Gasteiger charge is -2.22. The summed E-state index contributed by atoms with van der Waals surface area (Å²) >= 11 is 1.37. The smallest absolute Gasteiger partial charge is 0.341 e. The van der Waals surface area contributed by atoms with E-state index in [9.17, 15) is 27.1 Å². The summed E-state index contributed by atoms with van der Waals surface area (Å²) in [5, 5.41) is 12.3. The number of carbonyl (C=O) groups is 1. The summed E-state index contributed by atoms with van der Waals surface area (Å²) in [6.45, 7) is 1.38. The number of rotatable bonds is 7. The summed E-state index contributed by atoms with van der Waals surface area (Å²) in [7, 11) is -4.88. The quantitative estimate of drug-likeness (QED) is 0.777. The molecule has 1 aromatic rings. The van der Waals surface area contributed by atoms with Gasteiger partial charge in [0.15, 0.2) is 0 Å². The molecule has 1 rings (SSSR count). The molecule has 1 amide bonds. The van der Waals surface area contributed by atoms with Gasteiger partial charge in [0.25, 0.3) is 5.91 Å². The fraction of sp³-hybridized carbons (Fsp3) is 0.462. The second-order valence-electron chi connectivity index (χ2n) is 4.91. The highest BCUT2D eigenvalue weighted by Crippen LogP contribution is 2.22. The number of halogens is 2. The van der Waals surface area contributed by atoms with Crippen molar-refractivity contribution < 1.29 is 27.1 Å². The van der Waals surface area contributed by atoms with Gasteiger partial charge in [0.2, 0.25) is 9.84 Å². The number of nitrogens with one attached hydrogen (secondary N) is 1. The van der Waals surface area contributed by atoms with Crippen LogP contribution in [0.2, 0.25) is 0 Å². The van der Waals surface area contributed by atoms with E-state index in [1.807, 2.05) is 0 Å². The normalized spacial score (nSPS) is 14.6. The lowest BCUT2D eigenvalue weighted by molar-refractivity contribution is 0.0723. The van der Waals surface area contributed by atoms with E-state index in [4.69, 9.17) is 0 Å². The van der Waals surface area contributed by atoms with Crippen molar-refractivity contribution in [3.05, 3.63) is 29.8 Å². The number of hydrogen-bond donors (Lipinski definition) is 2. The molecule has 5 nitrogen and oxygen atoms in total. The molecule has 0 aromatic heterocycles. The summed E-state index contributed by atoms with van der Waals surface area (Å²) in [5.74, 6) is -4.09. The Morgan fingerprint density at radius 1 is 1.41 bits per heavy atom. The van der Waals surface area contributed by atoms with E-state index in [-0.39, 0.29) is 12.1 Å². The fourth-order valence-electron chi connectivity index (χ4n) is 1.73. The monoisotopic (exact) mass is 353 g/mol. The van der Waals surface area contributed by atoms with Crippen LogP contribution >= 0.6 is 11.8 Å². The van der Waals surface area contributed by atoms with E-state index < -0.39 is 32.0 Å². The zero-order valence-electron chi connectivity index (χ0n) is 12.0. The third-order valence-electron chi connectivity index (χ3n) is 2.76. The van der Waals surface area contributed by atoms with E-state index in [1.54, 1.807) is 6.26 Å². The second kappa shape index (κ2) is 7.38. The standard InChI is InChI=1S/C13H17F2NO4S2/c1-13(18,8-21-2)7-16-11(17)9-5-3-4-6-10(9)22(19,20)12(14)15/h3-6,12,18H,7-8H2,1-2H3,(H,16,17). The summed E-state index contributed by atoms with van der Waals surface area (Å²) in [4.78, 5) is 11.3. The Morgan fingerprint density at radius 2 is 2.00 bits per heavy atom. The molecule has 0 bridgehead atoms. The second-order valence-corrected chi connectivity index (χ2v) is 7.67. The average Bonchev–Trinajstić information content (AvgIpc) is 2.44. The number of benzene rings is 1. The highest BCUT2D eigenvalue weighted by Gasteiger charge is 2.31. The Morgan fingerprint density at radius 3 is 2.55 bits per heavy atom. The molecule has 22 heavy (non-hydrogen) atoms. The minimum Gasteiger partial charge on any atom is -0.387 e. The van der Waals surface area contributed by atoms with Crippen LogP contribution in [0.25, 0.3) is 0 Å². The molecule has 1 atom stereocenters. The fourth-order valence-corrected chi connectivity index (χ4v) is 3.38. The Hall–Kier alpha value is -1.19. The van der Waals surface area contributed by atoms with Crippen LogP contribution < -0.4 is 5.32 Å². The molecule has 1 aromatic carbocycles. The van der Waals surface area contributed by atoms with E-state index in [0.717, 1.165) is 12.1 Å². The van der Waals surface area contributed by atoms with Crippen molar-refractivity contribution in [2.24, 2.45) is 0 Å². The molecule has 0 aliphatic heterocycles. The molecule has 124 valence electrons. The first-order chi connectivity index (χ1) is 10.1. The van der Waals surface area contributed by atoms with Crippen LogP contribution in [0.5, 0.6) is 0 Å². The zero-order valence-corrected chi connectivity index (χ0v) is 13.7. The molecule has 1 unspecified atom stereocenters. The first kappa shape index (κ1) is 18.9. The summed E-state index contributed by atoms with van der Waals surface area (Å²) in [6, 6.07) is 4.74. The van der Waals surface area contributed by atoms with Gasteiger partial charge in [-0.1, -0.05) is 12.1 Å². The van der Waals surface area contributed by atoms with Crippen LogP contribution in [-0.2, 0) is 9.84 Å². The number of amides is 1. The van der Waals surface area contributed by atoms with Gasteiger partial charge in [-0.2, -0.15) is 20.5 Å². The topological polar surface area (TPSA) is 83.5 Å². The van der Waals surface area contributed by atoms with Crippen molar-refractivity contribution in [2.45, 2.75) is 23.2 Å². The predicted molar refractivity (Wildman–Crippen MR) is 81.0 cm³/mol. The largest absolute Gasteiger partial charge is 0.387 e. The Bertz CT molecular complexity index is 633. The number of alkyl halides is 2. The molecule has 0 heterocycles. The van der Waals surface area contributed by atoms with Gasteiger partial charge < -0.3 is 10.4 Å². The first-order valence-corrected chi connectivity index (χ1v) is 9.16. The maximum Gasteiger partial charge on any atom is 0.341 e. The van der Waals surface area contributed by atoms with Crippen LogP contribution in [0.3, 0.4) is 0 Å². The van der Waals surface area contributed by atoms with Gasteiger partial charge in [-0.3, -0.25) is 4.79 Å². The lowest BCUT2D eigenvalue weighted by Crippen LogP contribution is -2.42. The Labute approximate surface area is 132 Å². The van der Waals surface area contributed by atoms with Crippen LogP contribution in [0.4, 0.5) is 8.78 Å². The average molecular weight is 353 g/mol. The number of sulfone groups is 1. The summed E-state index contributed by atoms with van der Waals surface area (Å²) in [6.07, 6.45) is 1.78. The van der Waals surface area contributed by atoms with Gasteiger partial charge in [0, 0.05) is 12.3 Å². The first-order valence-electron chi connectivity index (χ1n) is 6.22. The molecule has 0 spiro atoms. The van der Waals surface area contributed by atoms with E-state index in [0.29, 0.717) is 5.75 Å². The van der Waals surface area contributed by atoms with Crippen LogP contribution in [0.15, 0.2) is 29.2 Å². The van der Waals surface area contributed by atoms with Gasteiger partial charge >= 0.3 is 5.76 Å². The molecule has 0 aliphatic rings. The zero-order chi connectivity index (χ0) is 17.0. The van der Waals surface area contributed by atoms with Gasteiger partial charge in [-0.05, 0) is 25.3 Å². The van der Waals surface area contributed by atoms with Crippen molar-refractivity contribution in [3.8, 4) is 0 Å². The molecular formula is C13H17F2NO4S2. The van der Waals surface area contributed by atoms with Crippen molar-refractivity contribution in [1.82, 2.24) is 5.32 Å². The van der Waals surface area contributed by atoms with Gasteiger partial charge in [-0.25, -0.2) is 8.42 Å². The van der Waals surface area contributed by atoms with Crippen LogP contribution in [0, 0.1) is 0 Å². The molecule has 2 N–H and O–H groups in total. The van der Waals surface area contributed by atoms with Crippen LogP contribution in [-0.4, -0.2) is 49.3 Å². The Balaban J connectivity index is 3.01. The van der Waals surface area contributed by atoms with Gasteiger partial charge in [-0.15, -0.1) is 0 Å². The highest BCUT2D eigenvalue weighted by molar-refractivity contribution is 7.98. The number of thioether (sulfide) groups is 1. The molecule has 0 fully saturated rings. The number of hydrogen-bond acceptors (Lipinski definition) is 5. The maximum atomic E-state index is 12.7. The molecule has 9 heteroatoms. The molecule has 0 radical (unpaired) electrons. The predicted octanol–water partition coefficient (Wildman–Crippen LogP) is 1.53. The van der Waals surface area contributed by atoms with Crippen molar-refractivity contribution in [2.75, 3.05) is 18.6 Å². The maximum absolute atomic E-state index is 12.7. The van der Waals surface area contributed by atoms with E-state index >= 15 is 0 Å². The number of carbonyl (C=O) groups excluding carboxylic acids is 1. The van der Waals surface area contributed by atoms with Crippen LogP contribution in [0.1, 0.15) is 17.3 Å². The van der Waals surface area contributed by atoms with Gasteiger partial charge in [0.1, 0.15) is 0 Å². The molecule has 0 saturated carbocycles. The van der Waals surface area contributed by atoms with Gasteiger partial charge in [0.05, 0.1) is 16.1 Å². The minimum absolute atomic E-state index is 0.129. The Kier molecular flexibility index (Phi) is 6.33. The van der Waals surface area contributed by atoms with Crippen molar-refractivity contribution >= 4 is 27.5 Å². The van der Waals surface area contributed by atoms with Crippen molar-refractivity contribution in [3.63, 3.8) is 0 Å². The van der Waals surface area contributed by atoms with E-state index in [2.05, 4.69) is 5.32 Å². The molecule has 0 saturated heterocycles. The van der Waals surface area contributed by atoms with Crippen molar-refractivity contribution in [1.29, 1.82) is 0 Å².